The highest BCUT2D eigenvalue weighted by molar-refractivity contribution is 7.89. The maximum atomic E-state index is 13.2. The lowest BCUT2D eigenvalue weighted by atomic mass is 10.0. The van der Waals surface area contributed by atoms with Crippen molar-refractivity contribution in [1.82, 2.24) is 9.29 Å². The summed E-state index contributed by atoms with van der Waals surface area (Å²) in [6.45, 7) is 4.69. The van der Waals surface area contributed by atoms with Crippen LogP contribution in [0, 0.1) is 0 Å². The molecule has 0 saturated heterocycles. The van der Waals surface area contributed by atoms with E-state index in [-0.39, 0.29) is 11.7 Å². The predicted octanol–water partition coefficient (Wildman–Crippen LogP) is 3.66. The number of nitrogens with zero attached hydrogens (tertiary/aromatic N) is 2. The average Bonchev–Trinajstić information content (AvgIpc) is 3.15. The molecule has 4 rings (SSSR count). The molecule has 1 N–H and O–H groups in total. The van der Waals surface area contributed by atoms with Gasteiger partial charge in [-0.05, 0) is 30.7 Å². The molecule has 0 radical (unpaired) electrons. The lowest BCUT2D eigenvalue weighted by molar-refractivity contribution is 0.102. The minimum absolute atomic E-state index is 0.0754. The van der Waals surface area contributed by atoms with Crippen LogP contribution in [-0.2, 0) is 23.0 Å². The first-order chi connectivity index (χ1) is 14.4. The Kier molecular flexibility index (Phi) is 5.77. The van der Waals surface area contributed by atoms with Crippen LogP contribution in [0.25, 0.3) is 10.8 Å². The van der Waals surface area contributed by atoms with Crippen molar-refractivity contribution >= 4 is 43.2 Å². The van der Waals surface area contributed by atoms with Crippen molar-refractivity contribution in [3.8, 4) is 5.75 Å². The molecule has 0 aliphatic carbocycles. The fourth-order valence-electron chi connectivity index (χ4n) is 3.57. The molecular formula is C21H23N3O4S2. The lowest BCUT2D eigenvalue weighted by Gasteiger charge is -2.24. The second kappa shape index (κ2) is 8.33. The van der Waals surface area contributed by atoms with Gasteiger partial charge in [-0.25, -0.2) is 13.4 Å². The SMILES string of the molecule is CCOc1ccc2ccccc2c1C(=O)Nc1nc2c(s1)CN(S(=O)(=O)CC)CC2. The third-order valence-corrected chi connectivity index (χ3v) is 7.92. The van der Waals surface area contributed by atoms with Crippen molar-refractivity contribution in [1.29, 1.82) is 0 Å². The van der Waals surface area contributed by atoms with E-state index in [9.17, 15) is 13.2 Å². The quantitative estimate of drug-likeness (QED) is 0.626. The molecule has 0 saturated carbocycles. The maximum absolute atomic E-state index is 13.2. The first-order valence-corrected chi connectivity index (χ1v) is 12.3. The zero-order chi connectivity index (χ0) is 21.3. The molecule has 0 fully saturated rings. The van der Waals surface area contributed by atoms with E-state index >= 15 is 0 Å². The number of ether oxygens (including phenoxy) is 1. The van der Waals surface area contributed by atoms with Crippen LogP contribution in [0.4, 0.5) is 5.13 Å². The zero-order valence-corrected chi connectivity index (χ0v) is 18.5. The van der Waals surface area contributed by atoms with Crippen molar-refractivity contribution < 1.29 is 17.9 Å². The lowest BCUT2D eigenvalue weighted by Crippen LogP contribution is -2.36. The molecule has 9 heteroatoms. The number of rotatable bonds is 6. The molecule has 1 aromatic heterocycles. The first kappa shape index (κ1) is 20.8. The Labute approximate surface area is 179 Å². The molecule has 7 nitrogen and oxygen atoms in total. The third kappa shape index (κ3) is 3.92. The van der Waals surface area contributed by atoms with Crippen LogP contribution in [0.2, 0.25) is 0 Å². The number of fused-ring (bicyclic) bond motifs is 2. The maximum Gasteiger partial charge on any atom is 0.261 e. The van der Waals surface area contributed by atoms with Gasteiger partial charge in [0.1, 0.15) is 5.75 Å². The van der Waals surface area contributed by atoms with Crippen molar-refractivity contribution in [3.63, 3.8) is 0 Å². The van der Waals surface area contributed by atoms with Gasteiger partial charge in [-0.3, -0.25) is 10.1 Å². The molecule has 0 bridgehead atoms. The Morgan fingerprint density at radius 1 is 1.23 bits per heavy atom. The first-order valence-electron chi connectivity index (χ1n) is 9.85. The normalized spacial score (nSPS) is 14.5. The number of aromatic nitrogens is 1. The Hall–Kier alpha value is -2.49. The molecular weight excluding hydrogens is 422 g/mol. The van der Waals surface area contributed by atoms with Gasteiger partial charge < -0.3 is 4.74 Å². The number of hydrogen-bond donors (Lipinski definition) is 1. The molecule has 1 aliphatic heterocycles. The standard InChI is InChI=1S/C21H23N3O4S2/c1-3-28-17-10-9-14-7-5-6-8-15(14)19(17)20(25)23-21-22-16-11-12-24(13-18(16)29-21)30(26,27)4-2/h5-10H,3-4,11-13H2,1-2H3,(H,22,23,25). The Balaban J connectivity index is 1.63. The number of hydrogen-bond acceptors (Lipinski definition) is 6. The summed E-state index contributed by atoms with van der Waals surface area (Å²) in [4.78, 5) is 18.6. The van der Waals surface area contributed by atoms with Gasteiger partial charge in [0, 0.05) is 24.4 Å². The largest absolute Gasteiger partial charge is 0.493 e. The molecule has 2 heterocycles. The molecule has 0 unspecified atom stereocenters. The summed E-state index contributed by atoms with van der Waals surface area (Å²) in [6.07, 6.45) is 0.541. The van der Waals surface area contributed by atoms with Gasteiger partial charge in [-0.15, -0.1) is 11.3 Å². The Bertz CT molecular complexity index is 1200. The summed E-state index contributed by atoms with van der Waals surface area (Å²) in [5.41, 5.74) is 1.32. The number of anilines is 1. The van der Waals surface area contributed by atoms with Gasteiger partial charge in [0.2, 0.25) is 10.0 Å². The van der Waals surface area contributed by atoms with Gasteiger partial charge in [0.25, 0.3) is 5.91 Å². The minimum Gasteiger partial charge on any atom is -0.493 e. The molecule has 1 aliphatic rings. The van der Waals surface area contributed by atoms with Crippen LogP contribution in [-0.4, -0.2) is 42.5 Å². The molecule has 3 aromatic rings. The number of sulfonamides is 1. The van der Waals surface area contributed by atoms with Crippen LogP contribution >= 0.6 is 11.3 Å². The monoisotopic (exact) mass is 445 g/mol. The van der Waals surface area contributed by atoms with Gasteiger partial charge in [-0.1, -0.05) is 30.3 Å². The van der Waals surface area contributed by atoms with E-state index in [2.05, 4.69) is 10.3 Å². The topological polar surface area (TPSA) is 88.6 Å². The summed E-state index contributed by atoms with van der Waals surface area (Å²) in [5, 5.41) is 5.12. The number of amides is 1. The minimum atomic E-state index is -3.25. The number of benzene rings is 2. The molecule has 158 valence electrons. The van der Waals surface area contributed by atoms with E-state index in [1.165, 1.54) is 15.6 Å². The fraction of sp³-hybridized carbons (Fsp3) is 0.333. The van der Waals surface area contributed by atoms with E-state index in [0.29, 0.717) is 42.6 Å². The molecule has 0 spiro atoms. The van der Waals surface area contributed by atoms with Gasteiger partial charge >= 0.3 is 0 Å². The molecule has 30 heavy (non-hydrogen) atoms. The van der Waals surface area contributed by atoms with E-state index in [1.807, 2.05) is 37.3 Å². The third-order valence-electron chi connectivity index (χ3n) is 5.09. The van der Waals surface area contributed by atoms with Crippen molar-refractivity contribution in [2.45, 2.75) is 26.8 Å². The molecule has 0 atom stereocenters. The summed E-state index contributed by atoms with van der Waals surface area (Å²) in [6, 6.07) is 11.4. The van der Waals surface area contributed by atoms with Crippen LogP contribution in [0.15, 0.2) is 36.4 Å². The summed E-state index contributed by atoms with van der Waals surface area (Å²) in [7, 11) is -3.25. The summed E-state index contributed by atoms with van der Waals surface area (Å²) in [5.74, 6) is 0.307. The van der Waals surface area contributed by atoms with Gasteiger partial charge in [0.05, 0.1) is 23.6 Å². The zero-order valence-electron chi connectivity index (χ0n) is 16.8. The highest BCUT2D eigenvalue weighted by Gasteiger charge is 2.28. The highest BCUT2D eigenvalue weighted by Crippen LogP contribution is 2.32. The summed E-state index contributed by atoms with van der Waals surface area (Å²) >= 11 is 1.32. The summed E-state index contributed by atoms with van der Waals surface area (Å²) < 4.78 is 31.5. The second-order valence-corrected chi connectivity index (χ2v) is 10.3. The van der Waals surface area contributed by atoms with Crippen LogP contribution in [0.1, 0.15) is 34.8 Å². The number of nitrogens with one attached hydrogen (secondary N) is 1. The van der Waals surface area contributed by atoms with E-state index < -0.39 is 10.0 Å². The van der Waals surface area contributed by atoms with Gasteiger partial charge in [-0.2, -0.15) is 4.31 Å². The number of carbonyl (C=O) groups is 1. The molecule has 2 aromatic carbocycles. The van der Waals surface area contributed by atoms with Crippen molar-refractivity contribution in [2.75, 3.05) is 24.2 Å². The molecule has 1 amide bonds. The van der Waals surface area contributed by atoms with Crippen LogP contribution < -0.4 is 10.1 Å². The fourth-order valence-corrected chi connectivity index (χ4v) is 5.73. The van der Waals surface area contributed by atoms with Crippen LogP contribution in [0.3, 0.4) is 0 Å². The smallest absolute Gasteiger partial charge is 0.261 e. The number of carbonyl (C=O) groups excluding carboxylic acids is 1. The van der Waals surface area contributed by atoms with E-state index in [0.717, 1.165) is 21.3 Å². The predicted molar refractivity (Wildman–Crippen MR) is 119 cm³/mol. The van der Waals surface area contributed by atoms with Gasteiger partial charge in [0.15, 0.2) is 5.13 Å². The van der Waals surface area contributed by atoms with E-state index in [4.69, 9.17) is 4.74 Å². The van der Waals surface area contributed by atoms with Crippen molar-refractivity contribution in [2.24, 2.45) is 0 Å². The van der Waals surface area contributed by atoms with Crippen molar-refractivity contribution in [3.05, 3.63) is 52.5 Å². The Morgan fingerprint density at radius 3 is 2.80 bits per heavy atom. The van der Waals surface area contributed by atoms with E-state index in [1.54, 1.807) is 13.0 Å². The van der Waals surface area contributed by atoms with Crippen LogP contribution in [0.5, 0.6) is 5.75 Å². The highest BCUT2D eigenvalue weighted by atomic mass is 32.2. The second-order valence-electron chi connectivity index (χ2n) is 6.92. The number of thiazole rings is 1. The Morgan fingerprint density at radius 2 is 2.03 bits per heavy atom. The average molecular weight is 446 g/mol.